The fourth-order valence-corrected chi connectivity index (χ4v) is 2.41. The minimum atomic E-state index is -4.52. The van der Waals surface area contributed by atoms with E-state index in [0.29, 0.717) is 11.3 Å². The molecule has 132 valence electrons. The van der Waals surface area contributed by atoms with E-state index in [1.165, 1.54) is 6.20 Å². The summed E-state index contributed by atoms with van der Waals surface area (Å²) in [6.45, 7) is 0. The second-order valence-electron chi connectivity index (χ2n) is 5.23. The summed E-state index contributed by atoms with van der Waals surface area (Å²) in [4.78, 5) is 7.90. The Kier molecular flexibility index (Phi) is 5.18. The van der Waals surface area contributed by atoms with E-state index >= 15 is 0 Å². The van der Waals surface area contributed by atoms with Crippen LogP contribution in [0.25, 0.3) is 0 Å². The summed E-state index contributed by atoms with van der Waals surface area (Å²) in [6, 6.07) is 13.3. The molecule has 0 bridgehead atoms. The summed E-state index contributed by atoms with van der Waals surface area (Å²) in [7, 11) is 0. The van der Waals surface area contributed by atoms with E-state index in [1.807, 2.05) is 18.2 Å². The molecule has 0 aliphatic heterocycles. The van der Waals surface area contributed by atoms with Crippen molar-refractivity contribution in [2.24, 2.45) is 5.10 Å². The first-order valence-electron chi connectivity index (χ1n) is 7.47. The predicted molar refractivity (Wildman–Crippen MR) is 94.2 cm³/mol. The van der Waals surface area contributed by atoms with Crippen LogP contribution in [0.4, 0.5) is 18.9 Å². The van der Waals surface area contributed by atoms with Crippen LogP contribution in [0.1, 0.15) is 16.8 Å². The topological polar surface area (TPSA) is 50.2 Å². The molecule has 4 nitrogen and oxygen atoms in total. The van der Waals surface area contributed by atoms with Crippen LogP contribution in [0.2, 0.25) is 5.02 Å². The maximum Gasteiger partial charge on any atom is 0.417 e. The molecule has 0 atom stereocenters. The molecule has 26 heavy (non-hydrogen) atoms. The van der Waals surface area contributed by atoms with Gasteiger partial charge in [-0.3, -0.25) is 15.4 Å². The van der Waals surface area contributed by atoms with Gasteiger partial charge in [-0.25, -0.2) is 0 Å². The quantitative estimate of drug-likeness (QED) is 0.514. The van der Waals surface area contributed by atoms with E-state index in [4.69, 9.17) is 11.6 Å². The van der Waals surface area contributed by atoms with Gasteiger partial charge in [0, 0.05) is 24.2 Å². The summed E-state index contributed by atoms with van der Waals surface area (Å²) in [5.74, 6) is 0. The fourth-order valence-electron chi connectivity index (χ4n) is 2.16. The normalized spacial score (nSPS) is 12.1. The maximum atomic E-state index is 12.8. The number of alkyl halides is 3. The van der Waals surface area contributed by atoms with E-state index in [9.17, 15) is 13.2 Å². The van der Waals surface area contributed by atoms with Gasteiger partial charge in [0.1, 0.15) is 11.4 Å². The predicted octanol–water partition coefficient (Wildman–Crippen LogP) is 5.01. The minimum absolute atomic E-state index is 0.121. The molecule has 0 aliphatic rings. The molecule has 1 aromatic carbocycles. The minimum Gasteiger partial charge on any atom is -0.278 e. The van der Waals surface area contributed by atoms with E-state index in [1.54, 1.807) is 30.5 Å². The summed E-state index contributed by atoms with van der Waals surface area (Å²) in [5.41, 5.74) is 3.60. The Bertz CT molecular complexity index is 913. The number of hydrazone groups is 1. The molecule has 0 saturated heterocycles. The van der Waals surface area contributed by atoms with Gasteiger partial charge in [-0.2, -0.15) is 18.3 Å². The van der Waals surface area contributed by atoms with Gasteiger partial charge in [-0.1, -0.05) is 29.8 Å². The summed E-state index contributed by atoms with van der Waals surface area (Å²) in [5, 5.41) is 4.13. The van der Waals surface area contributed by atoms with Gasteiger partial charge >= 0.3 is 6.18 Å². The number of pyridine rings is 2. The molecule has 0 unspecified atom stereocenters. The van der Waals surface area contributed by atoms with E-state index in [0.717, 1.165) is 12.3 Å². The van der Waals surface area contributed by atoms with Crippen LogP contribution < -0.4 is 5.43 Å². The van der Waals surface area contributed by atoms with E-state index in [-0.39, 0.29) is 16.4 Å². The molecule has 0 amide bonds. The number of nitrogens with zero attached hydrogens (tertiary/aromatic N) is 3. The average Bonchev–Trinajstić information content (AvgIpc) is 2.64. The Morgan fingerprint density at radius 1 is 1.04 bits per heavy atom. The molecule has 2 aromatic heterocycles. The molecule has 0 saturated carbocycles. The molecular formula is C18H12ClF3N4. The lowest BCUT2D eigenvalue weighted by Gasteiger charge is -2.11. The second kappa shape index (κ2) is 7.53. The van der Waals surface area contributed by atoms with Gasteiger partial charge in [0.15, 0.2) is 0 Å². The second-order valence-corrected chi connectivity index (χ2v) is 5.64. The van der Waals surface area contributed by atoms with Crippen LogP contribution in [0.3, 0.4) is 0 Å². The Morgan fingerprint density at radius 2 is 1.81 bits per heavy atom. The molecule has 0 fully saturated rings. The SMILES string of the molecule is FC(F)(F)c1cnc(/C(=N\Nc2ccccc2)c2cccnc2)c(Cl)c1. The van der Waals surface area contributed by atoms with Gasteiger partial charge in [0.05, 0.1) is 16.3 Å². The summed E-state index contributed by atoms with van der Waals surface area (Å²) >= 11 is 6.07. The molecule has 0 spiro atoms. The highest BCUT2D eigenvalue weighted by atomic mass is 35.5. The number of benzene rings is 1. The van der Waals surface area contributed by atoms with Crippen LogP contribution in [0.15, 0.2) is 72.2 Å². The standard InChI is InChI=1S/C18H12ClF3N4/c19-15-9-13(18(20,21)22)11-24-17(15)16(12-5-4-8-23-10-12)26-25-14-6-2-1-3-7-14/h1-11,25H/b26-16-. The lowest BCUT2D eigenvalue weighted by molar-refractivity contribution is -0.137. The van der Waals surface area contributed by atoms with Crippen LogP contribution in [0, 0.1) is 0 Å². The number of aromatic nitrogens is 2. The van der Waals surface area contributed by atoms with Crippen molar-refractivity contribution in [2.75, 3.05) is 5.43 Å². The van der Waals surface area contributed by atoms with Crippen LogP contribution in [0.5, 0.6) is 0 Å². The van der Waals surface area contributed by atoms with E-state index in [2.05, 4.69) is 20.5 Å². The van der Waals surface area contributed by atoms with Crippen molar-refractivity contribution in [2.45, 2.75) is 6.18 Å². The van der Waals surface area contributed by atoms with Crippen LogP contribution >= 0.6 is 11.6 Å². The van der Waals surface area contributed by atoms with Crippen LogP contribution in [-0.2, 0) is 6.18 Å². The van der Waals surface area contributed by atoms with Gasteiger partial charge in [-0.15, -0.1) is 0 Å². The Morgan fingerprint density at radius 3 is 2.42 bits per heavy atom. The van der Waals surface area contributed by atoms with Crippen molar-refractivity contribution in [1.29, 1.82) is 0 Å². The summed E-state index contributed by atoms with van der Waals surface area (Å²) in [6.07, 6.45) is -0.687. The first-order chi connectivity index (χ1) is 12.4. The van der Waals surface area contributed by atoms with Gasteiger partial charge in [-0.05, 0) is 30.3 Å². The molecule has 2 heterocycles. The van der Waals surface area contributed by atoms with Crippen LogP contribution in [-0.4, -0.2) is 15.7 Å². The first-order valence-corrected chi connectivity index (χ1v) is 7.85. The monoisotopic (exact) mass is 376 g/mol. The number of anilines is 1. The molecule has 8 heteroatoms. The third kappa shape index (κ3) is 4.18. The van der Waals surface area contributed by atoms with Gasteiger partial charge in [0.2, 0.25) is 0 Å². The first kappa shape index (κ1) is 17.9. The molecule has 1 N–H and O–H groups in total. The van der Waals surface area contributed by atoms with Gasteiger partial charge in [0.25, 0.3) is 0 Å². The largest absolute Gasteiger partial charge is 0.417 e. The molecular weight excluding hydrogens is 365 g/mol. The zero-order valence-electron chi connectivity index (χ0n) is 13.2. The number of rotatable bonds is 4. The Hall–Kier alpha value is -2.93. The highest BCUT2D eigenvalue weighted by Crippen LogP contribution is 2.31. The average molecular weight is 377 g/mol. The number of nitrogens with one attached hydrogen (secondary N) is 1. The van der Waals surface area contributed by atoms with E-state index < -0.39 is 11.7 Å². The third-order valence-corrected chi connectivity index (χ3v) is 3.69. The lowest BCUT2D eigenvalue weighted by atomic mass is 10.1. The smallest absolute Gasteiger partial charge is 0.278 e. The zero-order chi connectivity index (χ0) is 18.6. The number of hydrogen-bond donors (Lipinski definition) is 1. The van der Waals surface area contributed by atoms with Crippen molar-refractivity contribution < 1.29 is 13.2 Å². The highest BCUT2D eigenvalue weighted by molar-refractivity contribution is 6.35. The molecule has 0 aliphatic carbocycles. The maximum absolute atomic E-state index is 12.8. The Balaban J connectivity index is 2.04. The molecule has 3 aromatic rings. The number of para-hydroxylation sites is 1. The van der Waals surface area contributed by atoms with Crippen molar-refractivity contribution in [3.8, 4) is 0 Å². The zero-order valence-corrected chi connectivity index (χ0v) is 14.0. The van der Waals surface area contributed by atoms with Gasteiger partial charge < -0.3 is 0 Å². The third-order valence-electron chi connectivity index (χ3n) is 3.40. The van der Waals surface area contributed by atoms with Crippen molar-refractivity contribution in [1.82, 2.24) is 9.97 Å². The Labute approximate surface area is 152 Å². The number of halogens is 4. The lowest BCUT2D eigenvalue weighted by Crippen LogP contribution is -2.12. The number of hydrogen-bond acceptors (Lipinski definition) is 4. The molecule has 3 rings (SSSR count). The van der Waals surface area contributed by atoms with Crippen molar-refractivity contribution >= 4 is 23.0 Å². The van der Waals surface area contributed by atoms with Crippen molar-refractivity contribution in [3.63, 3.8) is 0 Å². The van der Waals surface area contributed by atoms with Crippen molar-refractivity contribution in [3.05, 3.63) is 89.0 Å². The summed E-state index contributed by atoms with van der Waals surface area (Å²) < 4.78 is 38.5. The molecule has 0 radical (unpaired) electrons. The fraction of sp³-hybridized carbons (Fsp3) is 0.0556. The highest BCUT2D eigenvalue weighted by Gasteiger charge is 2.32.